The molecule has 2 aromatic rings. The molecule has 1 amide bonds. The van der Waals surface area contributed by atoms with Crippen LogP contribution in [0.25, 0.3) is 5.69 Å². The molecular weight excluding hydrogens is 325 g/mol. The summed E-state index contributed by atoms with van der Waals surface area (Å²) in [7, 11) is 1.54. The number of hydrogen-bond acceptors (Lipinski definition) is 4. The molecule has 0 bridgehead atoms. The lowest BCUT2D eigenvalue weighted by molar-refractivity contribution is -0.139. The fraction of sp³-hybridized carbons (Fsp3) is 0.400. The number of hydrogen-bond donors (Lipinski definition) is 1. The van der Waals surface area contributed by atoms with Crippen molar-refractivity contribution in [2.45, 2.75) is 32.0 Å². The molecule has 1 N–H and O–H groups in total. The third-order valence-electron chi connectivity index (χ3n) is 3.37. The van der Waals surface area contributed by atoms with Crippen LogP contribution in [-0.2, 0) is 0 Å². The molecular formula is C15H17F3N4O2. The van der Waals surface area contributed by atoms with Crippen LogP contribution in [0.5, 0.6) is 5.75 Å². The number of nitrogens with one attached hydrogen (secondary N) is 1. The zero-order chi connectivity index (χ0) is 17.7. The van der Waals surface area contributed by atoms with Gasteiger partial charge in [0.15, 0.2) is 5.69 Å². The molecule has 0 fully saturated rings. The number of ether oxygens (including phenoxy) is 1. The van der Waals surface area contributed by atoms with Gasteiger partial charge in [0.05, 0.1) is 25.4 Å². The number of amides is 1. The van der Waals surface area contributed by atoms with Gasteiger partial charge in [-0.25, -0.2) is 4.68 Å². The van der Waals surface area contributed by atoms with Gasteiger partial charge < -0.3 is 10.1 Å². The van der Waals surface area contributed by atoms with Crippen molar-refractivity contribution in [1.82, 2.24) is 20.3 Å². The van der Waals surface area contributed by atoms with Crippen LogP contribution < -0.4 is 10.1 Å². The van der Waals surface area contributed by atoms with E-state index in [1.807, 2.05) is 0 Å². The Labute approximate surface area is 136 Å². The van der Waals surface area contributed by atoms with Crippen molar-refractivity contribution in [2.24, 2.45) is 0 Å². The van der Waals surface area contributed by atoms with Crippen LogP contribution in [-0.4, -0.2) is 40.2 Å². The number of benzene rings is 1. The molecule has 0 saturated heterocycles. The summed E-state index contributed by atoms with van der Waals surface area (Å²) < 4.78 is 43.7. The molecule has 2 rings (SSSR count). The van der Waals surface area contributed by atoms with Crippen molar-refractivity contribution in [3.05, 3.63) is 36.2 Å². The molecule has 1 unspecified atom stereocenters. The van der Waals surface area contributed by atoms with E-state index < -0.39 is 24.5 Å². The van der Waals surface area contributed by atoms with E-state index in [1.54, 1.807) is 31.2 Å². The smallest absolute Gasteiger partial charge is 0.391 e. The number of carbonyl (C=O) groups excluding carboxylic acids is 1. The van der Waals surface area contributed by atoms with Crippen molar-refractivity contribution in [3.8, 4) is 11.4 Å². The fourth-order valence-electron chi connectivity index (χ4n) is 2.07. The molecule has 1 aromatic carbocycles. The molecule has 0 aliphatic rings. The lowest BCUT2D eigenvalue weighted by Crippen LogP contribution is -2.37. The van der Waals surface area contributed by atoms with Gasteiger partial charge in [-0.2, -0.15) is 13.2 Å². The maximum atomic E-state index is 12.4. The third kappa shape index (κ3) is 4.71. The summed E-state index contributed by atoms with van der Waals surface area (Å²) in [6.45, 7) is 1.57. The lowest BCUT2D eigenvalue weighted by atomic mass is 10.1. The first-order valence-corrected chi connectivity index (χ1v) is 7.26. The minimum atomic E-state index is -4.34. The molecule has 24 heavy (non-hydrogen) atoms. The molecule has 1 aromatic heterocycles. The first-order chi connectivity index (χ1) is 11.3. The van der Waals surface area contributed by atoms with Gasteiger partial charge in [0, 0.05) is 6.04 Å². The van der Waals surface area contributed by atoms with Gasteiger partial charge in [-0.05, 0) is 30.7 Å². The van der Waals surface area contributed by atoms with Gasteiger partial charge in [-0.1, -0.05) is 12.1 Å². The van der Waals surface area contributed by atoms with Crippen LogP contribution in [0, 0.1) is 0 Å². The summed E-state index contributed by atoms with van der Waals surface area (Å²) in [5.41, 5.74) is 0.594. The van der Waals surface area contributed by atoms with Gasteiger partial charge >= 0.3 is 6.18 Å². The average Bonchev–Trinajstić information content (AvgIpc) is 3.03. The Morgan fingerprint density at radius 2 is 2.00 bits per heavy atom. The number of rotatable bonds is 6. The second kappa shape index (κ2) is 7.33. The van der Waals surface area contributed by atoms with E-state index in [9.17, 15) is 18.0 Å². The van der Waals surface area contributed by atoms with Crippen LogP contribution in [0.3, 0.4) is 0 Å². The van der Waals surface area contributed by atoms with Gasteiger partial charge in [0.1, 0.15) is 5.75 Å². The topological polar surface area (TPSA) is 69.0 Å². The van der Waals surface area contributed by atoms with Gasteiger partial charge in [-0.3, -0.25) is 4.79 Å². The molecule has 0 aliphatic carbocycles. The largest absolute Gasteiger partial charge is 0.497 e. The fourth-order valence-corrected chi connectivity index (χ4v) is 2.07. The predicted molar refractivity (Wildman–Crippen MR) is 80.1 cm³/mol. The molecule has 9 heteroatoms. The standard InChI is InChI=1S/C15H17F3N4O2/c1-3-10(8-15(16,17)18)19-14(23)13-9-22(21-20-13)11-4-6-12(24-2)7-5-11/h4-7,9-10H,3,8H2,1-2H3,(H,19,23). The Morgan fingerprint density at radius 1 is 1.33 bits per heavy atom. The molecule has 0 aliphatic heterocycles. The summed E-state index contributed by atoms with van der Waals surface area (Å²) in [5, 5.41) is 9.85. The van der Waals surface area contributed by atoms with E-state index in [4.69, 9.17) is 4.74 Å². The summed E-state index contributed by atoms with van der Waals surface area (Å²) in [5.74, 6) is -0.0272. The van der Waals surface area contributed by atoms with E-state index in [1.165, 1.54) is 18.0 Å². The van der Waals surface area contributed by atoms with E-state index >= 15 is 0 Å². The second-order valence-corrected chi connectivity index (χ2v) is 5.14. The van der Waals surface area contributed by atoms with Crippen LogP contribution in [0.2, 0.25) is 0 Å². The number of nitrogens with zero attached hydrogens (tertiary/aromatic N) is 3. The Hall–Kier alpha value is -2.58. The van der Waals surface area contributed by atoms with Crippen molar-refractivity contribution in [1.29, 1.82) is 0 Å². The first kappa shape index (κ1) is 17.8. The quantitative estimate of drug-likeness (QED) is 0.876. The molecule has 0 radical (unpaired) electrons. The van der Waals surface area contributed by atoms with Crippen molar-refractivity contribution >= 4 is 5.91 Å². The molecule has 6 nitrogen and oxygen atoms in total. The number of alkyl halides is 3. The van der Waals surface area contributed by atoms with Crippen LogP contribution >= 0.6 is 0 Å². The first-order valence-electron chi connectivity index (χ1n) is 7.26. The summed E-state index contributed by atoms with van der Waals surface area (Å²) in [6.07, 6.45) is -3.90. The van der Waals surface area contributed by atoms with E-state index in [0.29, 0.717) is 11.4 Å². The Balaban J connectivity index is 2.07. The monoisotopic (exact) mass is 342 g/mol. The minimum Gasteiger partial charge on any atom is -0.497 e. The summed E-state index contributed by atoms with van der Waals surface area (Å²) in [6, 6.07) is 5.87. The van der Waals surface area contributed by atoms with Crippen LogP contribution in [0.4, 0.5) is 13.2 Å². The number of methoxy groups -OCH3 is 1. The van der Waals surface area contributed by atoms with Gasteiger partial charge in [0.2, 0.25) is 0 Å². The van der Waals surface area contributed by atoms with Gasteiger partial charge in [0.25, 0.3) is 5.91 Å². The van der Waals surface area contributed by atoms with E-state index in [2.05, 4.69) is 15.6 Å². The Morgan fingerprint density at radius 3 is 2.54 bits per heavy atom. The van der Waals surface area contributed by atoms with Crippen LogP contribution in [0.15, 0.2) is 30.5 Å². The normalized spacial score (nSPS) is 12.7. The maximum Gasteiger partial charge on any atom is 0.391 e. The average molecular weight is 342 g/mol. The summed E-state index contributed by atoms with van der Waals surface area (Å²) in [4.78, 5) is 12.0. The van der Waals surface area contributed by atoms with Crippen molar-refractivity contribution < 1.29 is 22.7 Å². The molecule has 0 saturated carbocycles. The lowest BCUT2D eigenvalue weighted by Gasteiger charge is -2.17. The highest BCUT2D eigenvalue weighted by Gasteiger charge is 2.32. The Bertz CT molecular complexity index is 683. The molecule has 130 valence electrons. The van der Waals surface area contributed by atoms with E-state index in [-0.39, 0.29) is 12.1 Å². The van der Waals surface area contributed by atoms with Gasteiger partial charge in [-0.15, -0.1) is 5.10 Å². The van der Waals surface area contributed by atoms with Crippen LogP contribution in [0.1, 0.15) is 30.3 Å². The number of carbonyl (C=O) groups is 1. The minimum absolute atomic E-state index is 0.0496. The van der Waals surface area contributed by atoms with Crippen molar-refractivity contribution in [3.63, 3.8) is 0 Å². The molecule has 0 spiro atoms. The Kier molecular flexibility index (Phi) is 5.42. The summed E-state index contributed by atoms with van der Waals surface area (Å²) >= 11 is 0. The molecule has 1 atom stereocenters. The maximum absolute atomic E-state index is 12.4. The highest BCUT2D eigenvalue weighted by Crippen LogP contribution is 2.22. The number of aromatic nitrogens is 3. The van der Waals surface area contributed by atoms with E-state index in [0.717, 1.165) is 0 Å². The third-order valence-corrected chi connectivity index (χ3v) is 3.37. The molecule has 1 heterocycles. The second-order valence-electron chi connectivity index (χ2n) is 5.14. The predicted octanol–water partition coefficient (Wildman–Crippen LogP) is 2.74. The zero-order valence-corrected chi connectivity index (χ0v) is 13.2. The highest BCUT2D eigenvalue weighted by atomic mass is 19.4. The SMILES string of the molecule is CCC(CC(F)(F)F)NC(=O)c1cn(-c2ccc(OC)cc2)nn1. The zero-order valence-electron chi connectivity index (χ0n) is 13.2. The number of halogens is 3. The van der Waals surface area contributed by atoms with Crippen molar-refractivity contribution in [2.75, 3.05) is 7.11 Å². The highest BCUT2D eigenvalue weighted by molar-refractivity contribution is 5.92.